The molecule has 1 amide bonds. The number of carbonyl (C=O) groups is 1. The van der Waals surface area contributed by atoms with E-state index in [9.17, 15) is 4.79 Å². The molecule has 1 unspecified atom stereocenters. The van der Waals surface area contributed by atoms with Crippen LogP contribution in [0.2, 0.25) is 0 Å². The molecule has 1 aliphatic rings. The van der Waals surface area contributed by atoms with E-state index >= 15 is 0 Å². The van der Waals surface area contributed by atoms with E-state index < -0.39 is 0 Å². The number of methoxy groups -OCH3 is 1. The molecule has 0 spiro atoms. The third kappa shape index (κ3) is 5.30. The molecule has 17 heavy (non-hydrogen) atoms. The zero-order chi connectivity index (χ0) is 12.5. The number of rotatable bonds is 7. The van der Waals surface area contributed by atoms with Crippen LogP contribution in [-0.2, 0) is 14.3 Å². The van der Waals surface area contributed by atoms with Gasteiger partial charge in [-0.3, -0.25) is 4.79 Å². The standard InChI is InChI=1S/C12H22N2O3/c1-3-5-14(6-8-16-2)12(15)9-11-10-13-4-7-17-11/h3,11,13H,1,4-10H2,2H3. The van der Waals surface area contributed by atoms with Crippen molar-refractivity contribution < 1.29 is 14.3 Å². The number of ether oxygens (including phenoxy) is 2. The van der Waals surface area contributed by atoms with E-state index in [1.807, 2.05) is 0 Å². The van der Waals surface area contributed by atoms with Crippen molar-refractivity contribution in [2.24, 2.45) is 0 Å². The molecule has 1 saturated heterocycles. The first-order valence-corrected chi connectivity index (χ1v) is 5.98. The summed E-state index contributed by atoms with van der Waals surface area (Å²) in [7, 11) is 1.63. The summed E-state index contributed by atoms with van der Waals surface area (Å²) < 4.78 is 10.5. The monoisotopic (exact) mass is 242 g/mol. The minimum absolute atomic E-state index is 0.00823. The third-order valence-corrected chi connectivity index (χ3v) is 2.67. The van der Waals surface area contributed by atoms with Crippen LogP contribution in [0.4, 0.5) is 0 Å². The zero-order valence-electron chi connectivity index (χ0n) is 10.5. The first-order chi connectivity index (χ1) is 8.27. The molecule has 0 aliphatic carbocycles. The molecule has 1 aliphatic heterocycles. The van der Waals surface area contributed by atoms with E-state index in [2.05, 4.69) is 11.9 Å². The van der Waals surface area contributed by atoms with Crippen LogP contribution < -0.4 is 5.32 Å². The highest BCUT2D eigenvalue weighted by atomic mass is 16.5. The molecule has 5 nitrogen and oxygen atoms in total. The lowest BCUT2D eigenvalue weighted by molar-refractivity contribution is -0.134. The SMILES string of the molecule is C=CCN(CCOC)C(=O)CC1CNCCO1. The van der Waals surface area contributed by atoms with Gasteiger partial charge in [0.05, 0.1) is 25.7 Å². The maximum absolute atomic E-state index is 12.0. The van der Waals surface area contributed by atoms with Crippen LogP contribution in [-0.4, -0.2) is 63.4 Å². The largest absolute Gasteiger partial charge is 0.383 e. The van der Waals surface area contributed by atoms with Crippen molar-refractivity contribution in [1.82, 2.24) is 10.2 Å². The summed E-state index contributed by atoms with van der Waals surface area (Å²) in [6, 6.07) is 0. The van der Waals surface area contributed by atoms with Crippen molar-refractivity contribution in [2.75, 3.05) is 46.5 Å². The number of nitrogens with zero attached hydrogens (tertiary/aromatic N) is 1. The van der Waals surface area contributed by atoms with Gasteiger partial charge in [0.15, 0.2) is 0 Å². The summed E-state index contributed by atoms with van der Waals surface area (Å²) >= 11 is 0. The fourth-order valence-corrected chi connectivity index (χ4v) is 1.75. The Kier molecular flexibility index (Phi) is 6.84. The van der Waals surface area contributed by atoms with Gasteiger partial charge in [-0.05, 0) is 0 Å². The van der Waals surface area contributed by atoms with Crippen LogP contribution in [0, 0.1) is 0 Å². The summed E-state index contributed by atoms with van der Waals surface area (Å²) in [6.07, 6.45) is 2.14. The second-order valence-electron chi connectivity index (χ2n) is 4.02. The van der Waals surface area contributed by atoms with Gasteiger partial charge in [0.25, 0.3) is 0 Å². The number of amides is 1. The molecular weight excluding hydrogens is 220 g/mol. The number of hydrogen-bond donors (Lipinski definition) is 1. The Labute approximate surface area is 103 Å². The molecule has 98 valence electrons. The van der Waals surface area contributed by atoms with Gasteiger partial charge in [0.1, 0.15) is 0 Å². The van der Waals surface area contributed by atoms with E-state index in [1.54, 1.807) is 18.1 Å². The number of nitrogens with one attached hydrogen (secondary N) is 1. The van der Waals surface area contributed by atoms with E-state index in [0.717, 1.165) is 13.1 Å². The maximum Gasteiger partial charge on any atom is 0.225 e. The van der Waals surface area contributed by atoms with Gasteiger partial charge in [0.2, 0.25) is 5.91 Å². The van der Waals surface area contributed by atoms with E-state index in [0.29, 0.717) is 32.7 Å². The summed E-state index contributed by atoms with van der Waals surface area (Å²) in [5, 5.41) is 3.21. The van der Waals surface area contributed by atoms with Crippen LogP contribution in [0.3, 0.4) is 0 Å². The Bertz CT molecular complexity index is 240. The predicted molar refractivity (Wildman–Crippen MR) is 65.9 cm³/mol. The van der Waals surface area contributed by atoms with Crippen LogP contribution >= 0.6 is 0 Å². The van der Waals surface area contributed by atoms with Gasteiger partial charge in [-0.25, -0.2) is 0 Å². The van der Waals surface area contributed by atoms with Crippen LogP contribution in [0.15, 0.2) is 12.7 Å². The lowest BCUT2D eigenvalue weighted by atomic mass is 10.2. The highest BCUT2D eigenvalue weighted by molar-refractivity contribution is 5.76. The summed E-state index contributed by atoms with van der Waals surface area (Å²) in [5.74, 6) is 0.0932. The Morgan fingerprint density at radius 3 is 3.12 bits per heavy atom. The molecule has 0 bridgehead atoms. The summed E-state index contributed by atoms with van der Waals surface area (Å²) in [6.45, 7) is 7.65. The Morgan fingerprint density at radius 2 is 2.53 bits per heavy atom. The molecule has 1 rings (SSSR count). The lowest BCUT2D eigenvalue weighted by Crippen LogP contribution is -2.43. The normalized spacial score (nSPS) is 19.9. The molecule has 0 radical (unpaired) electrons. The number of morpholine rings is 1. The van der Waals surface area contributed by atoms with Crippen molar-refractivity contribution >= 4 is 5.91 Å². The molecule has 1 N–H and O–H groups in total. The molecule has 1 heterocycles. The van der Waals surface area contributed by atoms with E-state index in [-0.39, 0.29) is 12.0 Å². The van der Waals surface area contributed by atoms with Gasteiger partial charge in [-0.15, -0.1) is 6.58 Å². The van der Waals surface area contributed by atoms with Crippen molar-refractivity contribution in [2.45, 2.75) is 12.5 Å². The second-order valence-corrected chi connectivity index (χ2v) is 4.02. The van der Waals surface area contributed by atoms with Crippen molar-refractivity contribution in [3.05, 3.63) is 12.7 Å². The highest BCUT2D eigenvalue weighted by Gasteiger charge is 2.20. The van der Waals surface area contributed by atoms with Gasteiger partial charge in [-0.1, -0.05) is 6.08 Å². The van der Waals surface area contributed by atoms with Gasteiger partial charge in [-0.2, -0.15) is 0 Å². The average molecular weight is 242 g/mol. The molecule has 0 saturated carbocycles. The second kappa shape index (κ2) is 8.22. The Hall–Kier alpha value is -0.910. The Morgan fingerprint density at radius 1 is 1.71 bits per heavy atom. The van der Waals surface area contributed by atoms with Gasteiger partial charge >= 0.3 is 0 Å². The first-order valence-electron chi connectivity index (χ1n) is 5.98. The lowest BCUT2D eigenvalue weighted by Gasteiger charge is -2.26. The maximum atomic E-state index is 12.0. The molecule has 0 aromatic carbocycles. The topological polar surface area (TPSA) is 50.8 Å². The first kappa shape index (κ1) is 14.2. The van der Waals surface area contributed by atoms with Crippen molar-refractivity contribution in [3.63, 3.8) is 0 Å². The third-order valence-electron chi connectivity index (χ3n) is 2.67. The average Bonchev–Trinajstić information content (AvgIpc) is 2.35. The number of hydrogen-bond acceptors (Lipinski definition) is 4. The minimum Gasteiger partial charge on any atom is -0.383 e. The molecule has 1 fully saturated rings. The molecule has 0 aromatic heterocycles. The van der Waals surface area contributed by atoms with Crippen molar-refractivity contribution in [3.8, 4) is 0 Å². The quantitative estimate of drug-likeness (QED) is 0.640. The molecule has 1 atom stereocenters. The summed E-state index contributed by atoms with van der Waals surface area (Å²) in [4.78, 5) is 13.8. The van der Waals surface area contributed by atoms with Gasteiger partial charge in [0, 0.05) is 33.3 Å². The molecular formula is C12H22N2O3. The predicted octanol–water partition coefficient (Wildman–Crippen LogP) is 0.0259. The van der Waals surface area contributed by atoms with E-state index in [4.69, 9.17) is 9.47 Å². The molecule has 0 aromatic rings. The van der Waals surface area contributed by atoms with E-state index in [1.165, 1.54) is 0 Å². The highest BCUT2D eigenvalue weighted by Crippen LogP contribution is 2.05. The number of carbonyl (C=O) groups excluding carboxylic acids is 1. The zero-order valence-corrected chi connectivity index (χ0v) is 10.5. The Balaban J connectivity index is 2.36. The van der Waals surface area contributed by atoms with Gasteiger partial charge < -0.3 is 19.7 Å². The summed E-state index contributed by atoms with van der Waals surface area (Å²) in [5.41, 5.74) is 0. The fraction of sp³-hybridized carbons (Fsp3) is 0.750. The smallest absolute Gasteiger partial charge is 0.225 e. The van der Waals surface area contributed by atoms with Crippen LogP contribution in [0.5, 0.6) is 0 Å². The van der Waals surface area contributed by atoms with Crippen LogP contribution in [0.25, 0.3) is 0 Å². The van der Waals surface area contributed by atoms with Crippen LogP contribution in [0.1, 0.15) is 6.42 Å². The fourth-order valence-electron chi connectivity index (χ4n) is 1.75. The minimum atomic E-state index is -0.00823. The van der Waals surface area contributed by atoms with Crippen molar-refractivity contribution in [1.29, 1.82) is 0 Å². The molecule has 5 heteroatoms.